The van der Waals surface area contributed by atoms with Gasteiger partial charge in [0.2, 0.25) is 5.91 Å². The molecule has 0 aliphatic carbocycles. The smallest absolute Gasteiger partial charge is 0.339 e. The molecule has 4 rings (SSSR count). The number of hydrogen-bond donors (Lipinski definition) is 2. The van der Waals surface area contributed by atoms with E-state index in [1.54, 1.807) is 30.3 Å². The van der Waals surface area contributed by atoms with E-state index in [2.05, 4.69) is 5.32 Å². The van der Waals surface area contributed by atoms with E-state index in [1.807, 2.05) is 24.3 Å². The van der Waals surface area contributed by atoms with Crippen molar-refractivity contribution in [1.29, 1.82) is 0 Å². The van der Waals surface area contributed by atoms with Crippen LogP contribution in [-0.4, -0.2) is 20.9 Å². The molecule has 138 valence electrons. The van der Waals surface area contributed by atoms with Gasteiger partial charge in [0.15, 0.2) is 0 Å². The maximum absolute atomic E-state index is 12.7. The molecule has 3 aromatic carbocycles. The Balaban J connectivity index is 1.68. The topological polar surface area (TPSA) is 98.5 Å². The Morgan fingerprint density at radius 2 is 1.81 bits per heavy atom. The second-order valence-corrected chi connectivity index (χ2v) is 7.99. The zero-order valence-electron chi connectivity index (χ0n) is 14.4. The van der Waals surface area contributed by atoms with Crippen LogP contribution in [-0.2, 0) is 21.3 Å². The highest BCUT2D eigenvalue weighted by Gasteiger charge is 2.26. The number of benzene rings is 3. The highest BCUT2D eigenvalue weighted by Crippen LogP contribution is 2.29. The van der Waals surface area contributed by atoms with Crippen LogP contribution in [0.2, 0.25) is 0 Å². The Morgan fingerprint density at radius 3 is 2.59 bits per heavy atom. The van der Waals surface area contributed by atoms with Crippen molar-refractivity contribution in [3.63, 3.8) is 0 Å². The molecular formula is C20H18N2O4S. The van der Waals surface area contributed by atoms with E-state index in [-0.39, 0.29) is 10.6 Å². The minimum absolute atomic E-state index is 0.0727. The van der Waals surface area contributed by atoms with Gasteiger partial charge in [0, 0.05) is 6.54 Å². The molecule has 0 fully saturated rings. The molecule has 27 heavy (non-hydrogen) atoms. The largest absolute Gasteiger partial charge is 0.379 e. The Kier molecular flexibility index (Phi) is 4.33. The van der Waals surface area contributed by atoms with Crippen molar-refractivity contribution >= 4 is 26.8 Å². The quantitative estimate of drug-likeness (QED) is 0.675. The van der Waals surface area contributed by atoms with E-state index in [0.29, 0.717) is 12.1 Å². The summed E-state index contributed by atoms with van der Waals surface area (Å²) in [5.41, 5.74) is 7.05. The molecule has 6 nitrogen and oxygen atoms in total. The molecule has 0 saturated heterocycles. The molecule has 0 aromatic heterocycles. The number of amides is 1. The predicted molar refractivity (Wildman–Crippen MR) is 102 cm³/mol. The zero-order valence-corrected chi connectivity index (χ0v) is 15.2. The highest BCUT2D eigenvalue weighted by molar-refractivity contribution is 7.87. The molecule has 1 atom stereocenters. The van der Waals surface area contributed by atoms with Gasteiger partial charge in [0.05, 0.1) is 0 Å². The van der Waals surface area contributed by atoms with E-state index < -0.39 is 22.1 Å². The molecule has 0 bridgehead atoms. The lowest BCUT2D eigenvalue weighted by Gasteiger charge is -2.25. The lowest BCUT2D eigenvalue weighted by atomic mass is 9.94. The first-order valence-electron chi connectivity index (χ1n) is 8.53. The third kappa shape index (κ3) is 3.39. The maximum atomic E-state index is 12.7. The third-order valence-electron chi connectivity index (χ3n) is 4.67. The van der Waals surface area contributed by atoms with Gasteiger partial charge < -0.3 is 15.2 Å². The van der Waals surface area contributed by atoms with E-state index >= 15 is 0 Å². The first-order valence-corrected chi connectivity index (χ1v) is 9.94. The van der Waals surface area contributed by atoms with Gasteiger partial charge in [0.1, 0.15) is 16.7 Å². The summed E-state index contributed by atoms with van der Waals surface area (Å²) in [6.07, 6.45) is 0.733. The fourth-order valence-electron chi connectivity index (χ4n) is 3.33. The van der Waals surface area contributed by atoms with Gasteiger partial charge in [-0.1, -0.05) is 36.4 Å². The van der Waals surface area contributed by atoms with Crippen LogP contribution in [0.5, 0.6) is 5.75 Å². The molecule has 1 aliphatic rings. The molecule has 0 saturated carbocycles. The normalized spacial score (nSPS) is 16.7. The first kappa shape index (κ1) is 17.5. The lowest BCUT2D eigenvalue weighted by Crippen LogP contribution is -2.38. The minimum atomic E-state index is -4.01. The predicted octanol–water partition coefficient (Wildman–Crippen LogP) is 2.28. The lowest BCUT2D eigenvalue weighted by molar-refractivity contribution is -0.120. The Labute approximate surface area is 157 Å². The summed E-state index contributed by atoms with van der Waals surface area (Å²) in [6, 6.07) is 16.6. The van der Waals surface area contributed by atoms with Crippen LogP contribution in [0.25, 0.3) is 10.8 Å². The summed E-state index contributed by atoms with van der Waals surface area (Å²) in [7, 11) is -4.01. The van der Waals surface area contributed by atoms with E-state index in [9.17, 15) is 13.2 Å². The van der Waals surface area contributed by atoms with Crippen molar-refractivity contribution in [1.82, 2.24) is 5.32 Å². The van der Waals surface area contributed by atoms with E-state index in [0.717, 1.165) is 22.8 Å². The first-order chi connectivity index (χ1) is 12.9. The fourth-order valence-corrected chi connectivity index (χ4v) is 4.29. The number of carbonyl (C=O) groups is 1. The summed E-state index contributed by atoms with van der Waals surface area (Å²) in [4.78, 5) is 11.7. The summed E-state index contributed by atoms with van der Waals surface area (Å²) in [5, 5.41) is 4.79. The highest BCUT2D eigenvalue weighted by atomic mass is 32.2. The van der Waals surface area contributed by atoms with Crippen LogP contribution in [0.3, 0.4) is 0 Å². The summed E-state index contributed by atoms with van der Waals surface area (Å²) >= 11 is 0. The molecule has 3 aromatic rings. The molecule has 0 spiro atoms. The second kappa shape index (κ2) is 6.68. The standard InChI is InChI=1S/C20H18N2O4S/c21-20(23)19-18-12-16(7-5-14(18)9-10-22-19)26-27(24,25)17-8-6-13-3-1-2-4-15(13)11-17/h1-8,11-12,19,22H,9-10H2,(H2,21,23). The van der Waals surface area contributed by atoms with Gasteiger partial charge in [-0.05, 0) is 52.6 Å². The molecular weight excluding hydrogens is 364 g/mol. The van der Waals surface area contributed by atoms with Crippen LogP contribution in [0.15, 0.2) is 65.6 Å². The van der Waals surface area contributed by atoms with Crippen molar-refractivity contribution < 1.29 is 17.4 Å². The Bertz CT molecular complexity index is 1140. The Hall–Kier alpha value is -2.90. The van der Waals surface area contributed by atoms with E-state index in [1.165, 1.54) is 6.07 Å². The monoisotopic (exact) mass is 382 g/mol. The van der Waals surface area contributed by atoms with Crippen LogP contribution in [0.1, 0.15) is 17.2 Å². The molecule has 1 aliphatic heterocycles. The molecule has 1 amide bonds. The molecule has 3 N–H and O–H groups in total. The van der Waals surface area contributed by atoms with Crippen LogP contribution >= 0.6 is 0 Å². The number of hydrogen-bond acceptors (Lipinski definition) is 5. The average molecular weight is 382 g/mol. The molecule has 7 heteroatoms. The SMILES string of the molecule is NC(=O)C1NCCc2ccc(OS(=O)(=O)c3ccc4ccccc4c3)cc21. The van der Waals surface area contributed by atoms with Gasteiger partial charge in [-0.25, -0.2) is 0 Å². The number of carbonyl (C=O) groups excluding carboxylic acids is 1. The number of fused-ring (bicyclic) bond motifs is 2. The van der Waals surface area contributed by atoms with Gasteiger partial charge in [-0.2, -0.15) is 8.42 Å². The van der Waals surface area contributed by atoms with Crippen molar-refractivity contribution in [3.8, 4) is 5.75 Å². The summed E-state index contributed by atoms with van der Waals surface area (Å²) in [6.45, 7) is 0.635. The van der Waals surface area contributed by atoms with Crippen LogP contribution in [0, 0.1) is 0 Å². The van der Waals surface area contributed by atoms with Crippen molar-refractivity contribution in [2.24, 2.45) is 5.73 Å². The van der Waals surface area contributed by atoms with Crippen LogP contribution < -0.4 is 15.2 Å². The van der Waals surface area contributed by atoms with Crippen molar-refractivity contribution in [2.45, 2.75) is 17.4 Å². The summed E-state index contributed by atoms with van der Waals surface area (Å²) < 4.78 is 30.7. The van der Waals surface area contributed by atoms with Crippen LogP contribution in [0.4, 0.5) is 0 Å². The fraction of sp³-hybridized carbons (Fsp3) is 0.150. The Morgan fingerprint density at radius 1 is 1.04 bits per heavy atom. The molecule has 1 heterocycles. The molecule has 0 radical (unpaired) electrons. The number of rotatable bonds is 4. The van der Waals surface area contributed by atoms with E-state index in [4.69, 9.17) is 9.92 Å². The third-order valence-corrected chi connectivity index (χ3v) is 5.91. The van der Waals surface area contributed by atoms with Crippen molar-refractivity contribution in [3.05, 3.63) is 71.8 Å². The molecule has 1 unspecified atom stereocenters. The minimum Gasteiger partial charge on any atom is -0.379 e. The number of nitrogens with two attached hydrogens (primary N) is 1. The second-order valence-electron chi connectivity index (χ2n) is 6.45. The average Bonchev–Trinajstić information content (AvgIpc) is 2.66. The van der Waals surface area contributed by atoms with Crippen molar-refractivity contribution in [2.75, 3.05) is 6.54 Å². The maximum Gasteiger partial charge on any atom is 0.339 e. The summed E-state index contributed by atoms with van der Waals surface area (Å²) in [5.74, 6) is -0.359. The van der Waals surface area contributed by atoms with Gasteiger partial charge in [-0.15, -0.1) is 0 Å². The van der Waals surface area contributed by atoms with Gasteiger partial charge in [-0.3, -0.25) is 4.79 Å². The van der Waals surface area contributed by atoms with Gasteiger partial charge >= 0.3 is 10.1 Å². The number of nitrogens with one attached hydrogen (secondary N) is 1. The zero-order chi connectivity index (χ0) is 19.0. The van der Waals surface area contributed by atoms with Gasteiger partial charge in [0.25, 0.3) is 0 Å². The number of primary amides is 1.